The van der Waals surface area contributed by atoms with Gasteiger partial charge in [0.1, 0.15) is 63.6 Å². The first-order valence-corrected chi connectivity index (χ1v) is 48.1. The highest BCUT2D eigenvalue weighted by Gasteiger charge is 2.32. The van der Waals surface area contributed by atoms with E-state index in [-0.39, 0.29) is 144 Å². The van der Waals surface area contributed by atoms with Gasteiger partial charge in [0, 0.05) is 176 Å². The second-order valence-corrected chi connectivity index (χ2v) is 43.5. The molecule has 0 atom stereocenters. The highest BCUT2D eigenvalue weighted by molar-refractivity contribution is 5.81. The third-order valence-corrected chi connectivity index (χ3v) is 19.4. The van der Waals surface area contributed by atoms with Crippen molar-refractivity contribution >= 4 is 71.6 Å². The fraction of sp³-hybridized carbons (Fsp3) is 0.743. The molecule has 0 saturated carbocycles. The standard InChI is InChI=1S/C36H60N4O8.C29H54N4O8.C26H50N4O6.C10H10O2/c1-34(2,3)46-31(42)25-38-19-17-37(16-15-30(41)45-28-29-13-11-10-12-14-29)18-20-39(26-32(43)47-35(4,5)6)22-24-40(23-21-38)27-33(44)48-36(7,8)9;1-27(2,3)39-24(36)20-31-14-12-30(11-10-23(34)35)13-15-32(21-25(37)40-28(4,5)6)17-19-33(18-16-31)22-26(38)41-29(7,8)9;1-24(2,3)34-21(31)18-28-12-10-27-11-13-29(19-22(32)35-25(4,5)6)15-17-30(16-14-28)20-23(33)36-26(7,8)9;1-2-10(11)12-8-9-6-4-3-5-7-9/h10-14H,15-28H2,1-9H3;10-22H2,1-9H3,(H,34,35);27H,10-20H2,1-9H3;2-7H,1,8H2. The summed E-state index contributed by atoms with van der Waals surface area (Å²) in [6.07, 6.45) is 1.35. The number of carbonyl (C=O) groups is 12. The van der Waals surface area contributed by atoms with E-state index in [1.54, 1.807) is 0 Å². The van der Waals surface area contributed by atoms with E-state index in [0.717, 1.165) is 17.2 Å². The number of esters is 11. The Bertz CT molecular complexity index is 3810. The number of carboxylic acids is 1. The van der Waals surface area contributed by atoms with Gasteiger partial charge in [0.2, 0.25) is 0 Å². The molecule has 0 amide bonds. The molecule has 3 aliphatic rings. The molecule has 0 aromatic heterocycles. The van der Waals surface area contributed by atoms with Crippen LogP contribution in [0.5, 0.6) is 0 Å². The van der Waals surface area contributed by atoms with Gasteiger partial charge in [-0.2, -0.15) is 0 Å². The zero-order chi connectivity index (χ0) is 104. The molecule has 3 saturated heterocycles. The number of hydrogen-bond donors (Lipinski definition) is 2. The molecule has 36 heteroatoms. The molecule has 0 spiro atoms. The maximum Gasteiger partial charge on any atom is 0.330 e. The first kappa shape index (κ1) is 124. The predicted molar refractivity (Wildman–Crippen MR) is 526 cm³/mol. The van der Waals surface area contributed by atoms with Gasteiger partial charge in [-0.05, 0) is 198 Å². The van der Waals surface area contributed by atoms with E-state index in [9.17, 15) is 62.6 Å². The van der Waals surface area contributed by atoms with Crippen LogP contribution >= 0.6 is 0 Å². The monoisotopic (exact) mass is 1940 g/mol. The minimum absolute atomic E-state index is 0.0121. The van der Waals surface area contributed by atoms with Crippen molar-refractivity contribution in [1.82, 2.24) is 59.2 Å². The molecular weight excluding hydrogens is 1770 g/mol. The van der Waals surface area contributed by atoms with Crippen LogP contribution in [0, 0.1) is 0 Å². The van der Waals surface area contributed by atoms with E-state index < -0.39 is 56.4 Å². The molecule has 0 bridgehead atoms. The van der Waals surface area contributed by atoms with Crippen LogP contribution in [-0.2, 0) is 123 Å². The molecule has 5 rings (SSSR count). The Morgan fingerprint density at radius 2 is 0.438 bits per heavy atom. The number of carboxylic acid groups (broad SMARTS) is 1. The van der Waals surface area contributed by atoms with E-state index in [1.807, 2.05) is 297 Å². The van der Waals surface area contributed by atoms with E-state index in [2.05, 4.69) is 16.8 Å². The quantitative estimate of drug-likeness (QED) is 0.0437. The summed E-state index contributed by atoms with van der Waals surface area (Å²) in [5.74, 6) is -4.42. The third kappa shape index (κ3) is 70.6. The first-order chi connectivity index (χ1) is 63.2. The van der Waals surface area contributed by atoms with Crippen molar-refractivity contribution in [3.63, 3.8) is 0 Å². The summed E-state index contributed by atoms with van der Waals surface area (Å²) in [5.41, 5.74) is -3.44. The largest absolute Gasteiger partial charge is 0.481 e. The Morgan fingerprint density at radius 1 is 0.263 bits per heavy atom. The number of carbonyl (C=O) groups excluding carboxylic acids is 11. The number of benzene rings is 2. The number of ether oxygens (including phenoxy) is 11. The van der Waals surface area contributed by atoms with Gasteiger partial charge in [-0.25, -0.2) is 4.79 Å². The number of nitrogens with one attached hydrogen (secondary N) is 1. The molecule has 3 heterocycles. The average molecular weight is 1940 g/mol. The fourth-order valence-corrected chi connectivity index (χ4v) is 13.6. The summed E-state index contributed by atoms with van der Waals surface area (Å²) in [6.45, 7) is 68.5. The lowest BCUT2D eigenvalue weighted by Crippen LogP contribution is -2.49. The Kier molecular flexibility index (Phi) is 55.5. The highest BCUT2D eigenvalue weighted by Crippen LogP contribution is 2.19. The van der Waals surface area contributed by atoms with E-state index in [4.69, 9.17) is 52.1 Å². The van der Waals surface area contributed by atoms with Gasteiger partial charge in [0.05, 0.1) is 71.7 Å². The van der Waals surface area contributed by atoms with Crippen molar-refractivity contribution < 1.29 is 115 Å². The molecule has 0 aliphatic carbocycles. The molecule has 782 valence electrons. The normalized spacial score (nSPS) is 17.1. The van der Waals surface area contributed by atoms with Crippen molar-refractivity contribution in [1.29, 1.82) is 0 Å². The Hall–Kier alpha value is -8.66. The summed E-state index contributed by atoms with van der Waals surface area (Å²) in [5, 5.41) is 12.7. The summed E-state index contributed by atoms with van der Waals surface area (Å²) >= 11 is 0. The van der Waals surface area contributed by atoms with Crippen molar-refractivity contribution in [3.05, 3.63) is 84.4 Å². The van der Waals surface area contributed by atoms with Gasteiger partial charge in [-0.15, -0.1) is 0 Å². The zero-order valence-electron chi connectivity index (χ0n) is 88.4. The fourth-order valence-electron chi connectivity index (χ4n) is 13.6. The highest BCUT2D eigenvalue weighted by atomic mass is 16.6. The molecule has 2 aromatic carbocycles. The Morgan fingerprint density at radius 3 is 0.620 bits per heavy atom. The summed E-state index contributed by atoms with van der Waals surface area (Å²) < 4.78 is 60.4. The van der Waals surface area contributed by atoms with Crippen LogP contribution in [0.3, 0.4) is 0 Å². The second-order valence-electron chi connectivity index (χ2n) is 43.5. The van der Waals surface area contributed by atoms with Crippen LogP contribution in [0.25, 0.3) is 0 Å². The molecule has 2 N–H and O–H groups in total. The maximum atomic E-state index is 12.9. The van der Waals surface area contributed by atoms with Crippen molar-refractivity contribution in [2.45, 2.75) is 263 Å². The Balaban J connectivity index is 0.000000658. The molecule has 3 aliphatic heterocycles. The molecule has 0 radical (unpaired) electrons. The van der Waals surface area contributed by atoms with Gasteiger partial charge in [0.15, 0.2) is 0 Å². The lowest BCUT2D eigenvalue weighted by molar-refractivity contribution is -0.158. The van der Waals surface area contributed by atoms with Crippen LogP contribution in [0.1, 0.15) is 211 Å². The first-order valence-electron chi connectivity index (χ1n) is 48.1. The van der Waals surface area contributed by atoms with Gasteiger partial charge < -0.3 is 72.3 Å². The van der Waals surface area contributed by atoms with Crippen molar-refractivity contribution in [2.75, 3.05) is 229 Å². The summed E-state index contributed by atoms with van der Waals surface area (Å²) in [7, 11) is 0. The molecule has 137 heavy (non-hydrogen) atoms. The van der Waals surface area contributed by atoms with Crippen LogP contribution in [0.2, 0.25) is 0 Å². The number of aliphatic carboxylic acids is 1. The Labute approximate surface area is 818 Å². The van der Waals surface area contributed by atoms with Crippen LogP contribution in [-0.4, -0.2) is 410 Å². The smallest absolute Gasteiger partial charge is 0.330 e. The van der Waals surface area contributed by atoms with Crippen molar-refractivity contribution in [2.24, 2.45) is 0 Å². The molecule has 0 unspecified atom stereocenters. The molecule has 36 nitrogen and oxygen atoms in total. The van der Waals surface area contributed by atoms with Crippen molar-refractivity contribution in [3.8, 4) is 0 Å². The number of nitrogens with zero attached hydrogens (tertiary/aromatic N) is 11. The predicted octanol–water partition coefficient (Wildman–Crippen LogP) is 8.51. The molecule has 2 aromatic rings. The second kappa shape index (κ2) is 61.1. The third-order valence-electron chi connectivity index (χ3n) is 19.4. The number of rotatable bonds is 29. The van der Waals surface area contributed by atoms with Gasteiger partial charge >= 0.3 is 71.6 Å². The average Bonchev–Trinajstić information content (AvgIpc) is 0.899. The number of hydrogen-bond acceptors (Lipinski definition) is 35. The molecular formula is C101H174N12O24. The lowest BCUT2D eigenvalue weighted by Gasteiger charge is -2.34. The van der Waals surface area contributed by atoms with E-state index >= 15 is 0 Å². The van der Waals surface area contributed by atoms with Gasteiger partial charge in [-0.3, -0.25) is 96.8 Å². The summed E-state index contributed by atoms with van der Waals surface area (Å²) in [6, 6.07) is 19.1. The van der Waals surface area contributed by atoms with E-state index in [1.165, 1.54) is 0 Å². The zero-order valence-corrected chi connectivity index (χ0v) is 88.4. The SMILES string of the molecule is C=CC(=O)OCc1ccccc1.CC(C)(C)OC(=O)CN1CCN(CCC(=O)O)CCN(CC(=O)OC(C)(C)C)CCN(CC(=O)OC(C)(C)C)CC1.CC(C)(C)OC(=O)CN1CCN(CCC(=O)OCc2ccccc2)CCN(CC(=O)OC(C)(C)C)CCN(CC(=O)OC(C)(C)C)CC1.CC(C)(C)OC(=O)CN1CCNCCN(CC(=O)OC(C)(C)C)CCN(CC(=O)OC(C)(C)C)CC1. The lowest BCUT2D eigenvalue weighted by atomic mass is 10.2. The summed E-state index contributed by atoms with van der Waals surface area (Å²) in [4.78, 5) is 171. The van der Waals surface area contributed by atoms with Crippen LogP contribution in [0.15, 0.2) is 73.3 Å². The molecule has 3 fully saturated rings. The topological polar surface area (TPSA) is 374 Å². The maximum absolute atomic E-state index is 12.9. The van der Waals surface area contributed by atoms with Crippen LogP contribution < -0.4 is 5.32 Å². The van der Waals surface area contributed by atoms with Gasteiger partial charge in [-0.1, -0.05) is 67.2 Å². The van der Waals surface area contributed by atoms with Gasteiger partial charge in [0.25, 0.3) is 0 Å². The van der Waals surface area contributed by atoms with Crippen LogP contribution in [0.4, 0.5) is 0 Å². The minimum atomic E-state index is -0.884. The minimum Gasteiger partial charge on any atom is -0.481 e. The van der Waals surface area contributed by atoms with E-state index in [0.29, 0.717) is 177 Å².